The maximum atomic E-state index is 12.4. The number of sulfonamides is 1. The second-order valence-electron chi connectivity index (χ2n) is 5.52. The van der Waals surface area contributed by atoms with E-state index in [1.54, 1.807) is 12.1 Å². The van der Waals surface area contributed by atoms with Gasteiger partial charge in [0.15, 0.2) is 5.78 Å². The number of hydrogen-bond acceptors (Lipinski definition) is 4. The van der Waals surface area contributed by atoms with Crippen molar-refractivity contribution in [3.8, 4) is 0 Å². The highest BCUT2D eigenvalue weighted by Gasteiger charge is 2.15. The van der Waals surface area contributed by atoms with E-state index in [1.807, 2.05) is 6.92 Å². The molecule has 0 aliphatic heterocycles. The molecule has 0 fully saturated rings. The van der Waals surface area contributed by atoms with Gasteiger partial charge in [-0.2, -0.15) is 0 Å². The second-order valence-corrected chi connectivity index (χ2v) is 7.20. The Morgan fingerprint density at radius 1 is 0.920 bits per heavy atom. The third kappa shape index (κ3) is 4.90. The fourth-order valence-electron chi connectivity index (χ4n) is 2.11. The number of benzene rings is 2. The zero-order valence-electron chi connectivity index (χ0n) is 14.1. The predicted octanol–water partition coefficient (Wildman–Crippen LogP) is 2.83. The first kappa shape index (κ1) is 18.7. The van der Waals surface area contributed by atoms with Crippen molar-refractivity contribution in [1.29, 1.82) is 0 Å². The van der Waals surface area contributed by atoms with Gasteiger partial charge in [0.1, 0.15) is 0 Å². The highest BCUT2D eigenvalue weighted by Crippen LogP contribution is 2.17. The van der Waals surface area contributed by atoms with Gasteiger partial charge in [0.2, 0.25) is 0 Å². The molecule has 0 atom stereocenters. The van der Waals surface area contributed by atoms with Crippen LogP contribution >= 0.6 is 0 Å². The lowest BCUT2D eigenvalue weighted by atomic mass is 10.1. The molecule has 0 saturated heterocycles. The van der Waals surface area contributed by atoms with Crippen LogP contribution in [0.4, 0.5) is 5.69 Å². The van der Waals surface area contributed by atoms with Crippen molar-refractivity contribution in [2.75, 3.05) is 11.3 Å². The van der Waals surface area contributed by atoms with E-state index in [9.17, 15) is 18.0 Å². The van der Waals surface area contributed by atoms with Gasteiger partial charge in [-0.3, -0.25) is 14.3 Å². The average molecular weight is 360 g/mol. The Balaban J connectivity index is 2.13. The first-order chi connectivity index (χ1) is 11.8. The van der Waals surface area contributed by atoms with Gasteiger partial charge in [-0.1, -0.05) is 6.92 Å². The van der Waals surface area contributed by atoms with Gasteiger partial charge in [0.25, 0.3) is 15.9 Å². The Hall–Kier alpha value is -2.67. The maximum Gasteiger partial charge on any atom is 0.261 e. The monoisotopic (exact) mass is 360 g/mol. The Bertz CT molecular complexity index is 857. The largest absolute Gasteiger partial charge is 0.352 e. The minimum absolute atomic E-state index is 0.0511. The van der Waals surface area contributed by atoms with Crippen LogP contribution in [0.25, 0.3) is 0 Å². The minimum atomic E-state index is -3.77. The number of nitrogens with one attached hydrogen (secondary N) is 2. The standard InChI is InChI=1S/C18H20N2O4S/c1-3-12-19-18(22)15-6-10-17(11-7-15)25(23,24)20-16-8-4-14(5-9-16)13(2)21/h4-11,20H,3,12H2,1-2H3,(H,19,22). The van der Waals surface area contributed by atoms with E-state index in [2.05, 4.69) is 10.0 Å². The Labute approximate surface area is 147 Å². The number of ketones is 1. The molecule has 1 amide bonds. The number of Topliss-reactive ketones (excluding diaryl/α,β-unsaturated/α-hetero) is 1. The van der Waals surface area contributed by atoms with Crippen LogP contribution in [0.15, 0.2) is 53.4 Å². The molecule has 0 aliphatic rings. The molecule has 0 unspecified atom stereocenters. The molecule has 132 valence electrons. The summed E-state index contributed by atoms with van der Waals surface area (Å²) in [5.74, 6) is -0.329. The van der Waals surface area contributed by atoms with Gasteiger partial charge in [-0.05, 0) is 61.9 Å². The van der Waals surface area contributed by atoms with E-state index < -0.39 is 10.0 Å². The van der Waals surface area contributed by atoms with E-state index in [-0.39, 0.29) is 16.6 Å². The number of rotatable bonds is 7. The summed E-state index contributed by atoms with van der Waals surface area (Å²) in [5.41, 5.74) is 1.26. The van der Waals surface area contributed by atoms with Crippen LogP contribution in [0.5, 0.6) is 0 Å². The van der Waals surface area contributed by atoms with Crippen molar-refractivity contribution >= 4 is 27.4 Å². The summed E-state index contributed by atoms with van der Waals surface area (Å²) in [5, 5.41) is 2.73. The predicted molar refractivity (Wildman–Crippen MR) is 96.3 cm³/mol. The van der Waals surface area contributed by atoms with Crippen LogP contribution < -0.4 is 10.0 Å². The molecule has 2 aromatic carbocycles. The van der Waals surface area contributed by atoms with E-state index in [4.69, 9.17) is 0 Å². The molecule has 0 saturated carbocycles. The van der Waals surface area contributed by atoms with Crippen molar-refractivity contribution in [1.82, 2.24) is 5.32 Å². The second kappa shape index (κ2) is 7.94. The van der Waals surface area contributed by atoms with E-state index in [0.29, 0.717) is 23.4 Å². The van der Waals surface area contributed by atoms with Crippen molar-refractivity contribution in [3.63, 3.8) is 0 Å². The highest BCUT2D eigenvalue weighted by atomic mass is 32.2. The summed E-state index contributed by atoms with van der Waals surface area (Å²) < 4.78 is 27.2. The number of amides is 1. The van der Waals surface area contributed by atoms with Crippen molar-refractivity contribution in [3.05, 3.63) is 59.7 Å². The van der Waals surface area contributed by atoms with E-state index in [0.717, 1.165) is 6.42 Å². The fourth-order valence-corrected chi connectivity index (χ4v) is 3.17. The first-order valence-corrected chi connectivity index (χ1v) is 9.34. The lowest BCUT2D eigenvalue weighted by Crippen LogP contribution is -2.24. The van der Waals surface area contributed by atoms with Gasteiger partial charge in [-0.15, -0.1) is 0 Å². The van der Waals surface area contributed by atoms with Crippen LogP contribution in [0.3, 0.4) is 0 Å². The Morgan fingerprint density at radius 2 is 1.48 bits per heavy atom. The summed E-state index contributed by atoms with van der Waals surface area (Å²) in [6.07, 6.45) is 0.824. The molecule has 0 bridgehead atoms. The van der Waals surface area contributed by atoms with Crippen LogP contribution in [0.1, 0.15) is 41.0 Å². The summed E-state index contributed by atoms with van der Waals surface area (Å²) in [6.45, 7) is 3.96. The molecular formula is C18H20N2O4S. The van der Waals surface area contributed by atoms with Crippen LogP contribution in [-0.2, 0) is 10.0 Å². The number of carbonyl (C=O) groups is 2. The lowest BCUT2D eigenvalue weighted by molar-refractivity contribution is 0.0952. The van der Waals surface area contributed by atoms with Crippen molar-refractivity contribution < 1.29 is 18.0 Å². The highest BCUT2D eigenvalue weighted by molar-refractivity contribution is 7.92. The maximum absolute atomic E-state index is 12.4. The molecule has 0 aromatic heterocycles. The average Bonchev–Trinajstić information content (AvgIpc) is 2.60. The molecular weight excluding hydrogens is 340 g/mol. The third-order valence-electron chi connectivity index (χ3n) is 3.51. The van der Waals surface area contributed by atoms with Crippen molar-refractivity contribution in [2.45, 2.75) is 25.2 Å². The molecule has 7 heteroatoms. The molecule has 0 aliphatic carbocycles. The van der Waals surface area contributed by atoms with Gasteiger partial charge < -0.3 is 5.32 Å². The molecule has 25 heavy (non-hydrogen) atoms. The molecule has 0 radical (unpaired) electrons. The number of anilines is 1. The minimum Gasteiger partial charge on any atom is -0.352 e. The number of carbonyl (C=O) groups excluding carboxylic acids is 2. The van der Waals surface area contributed by atoms with E-state index >= 15 is 0 Å². The first-order valence-electron chi connectivity index (χ1n) is 7.85. The van der Waals surface area contributed by atoms with Crippen molar-refractivity contribution in [2.24, 2.45) is 0 Å². The zero-order chi connectivity index (χ0) is 18.4. The Kier molecular flexibility index (Phi) is 5.93. The molecule has 0 spiro atoms. The summed E-state index contributed by atoms with van der Waals surface area (Å²) in [6, 6.07) is 11.9. The molecule has 2 rings (SSSR count). The van der Waals surface area contributed by atoms with Gasteiger partial charge in [0, 0.05) is 23.4 Å². The summed E-state index contributed by atoms with van der Waals surface area (Å²) in [7, 11) is -3.77. The topological polar surface area (TPSA) is 92.3 Å². The van der Waals surface area contributed by atoms with E-state index in [1.165, 1.54) is 43.3 Å². The quantitative estimate of drug-likeness (QED) is 0.743. The zero-order valence-corrected chi connectivity index (χ0v) is 14.9. The SMILES string of the molecule is CCCNC(=O)c1ccc(S(=O)(=O)Nc2ccc(C(C)=O)cc2)cc1. The third-order valence-corrected chi connectivity index (χ3v) is 4.90. The lowest BCUT2D eigenvalue weighted by Gasteiger charge is -2.09. The molecule has 2 N–H and O–H groups in total. The van der Waals surface area contributed by atoms with Crippen LogP contribution in [0.2, 0.25) is 0 Å². The summed E-state index contributed by atoms with van der Waals surface area (Å²) >= 11 is 0. The molecule has 0 heterocycles. The van der Waals surface area contributed by atoms with Gasteiger partial charge in [-0.25, -0.2) is 8.42 Å². The molecule has 2 aromatic rings. The normalized spacial score (nSPS) is 11.0. The summed E-state index contributed by atoms with van der Waals surface area (Å²) in [4.78, 5) is 23.1. The Morgan fingerprint density at radius 3 is 2.00 bits per heavy atom. The van der Waals surface area contributed by atoms with Crippen LogP contribution in [0, 0.1) is 0 Å². The van der Waals surface area contributed by atoms with Gasteiger partial charge >= 0.3 is 0 Å². The fraction of sp³-hybridized carbons (Fsp3) is 0.222. The van der Waals surface area contributed by atoms with Crippen LogP contribution in [-0.4, -0.2) is 26.7 Å². The number of hydrogen-bond donors (Lipinski definition) is 2. The van der Waals surface area contributed by atoms with Gasteiger partial charge in [0.05, 0.1) is 4.90 Å². The molecule has 6 nitrogen and oxygen atoms in total. The smallest absolute Gasteiger partial charge is 0.261 e.